The Kier molecular flexibility index (Phi) is 1.16. The van der Waals surface area contributed by atoms with Crippen LogP contribution >= 0.6 is 11.6 Å². The zero-order valence-electron chi connectivity index (χ0n) is 12.8. The van der Waals surface area contributed by atoms with Crippen molar-refractivity contribution in [1.29, 1.82) is 0 Å². The second-order valence-electron chi connectivity index (χ2n) is 2.47. The number of hydrogen-bond acceptors (Lipinski definition) is 2. The molecule has 72 valence electrons. The summed E-state index contributed by atoms with van der Waals surface area (Å²) in [6, 6.07) is -1.58. The van der Waals surface area contributed by atoms with Crippen LogP contribution in [0.3, 0.4) is 0 Å². The Morgan fingerprint density at radius 3 is 3.21 bits per heavy atom. The zero-order chi connectivity index (χ0) is 15.2. The van der Waals surface area contributed by atoms with Crippen LogP contribution in [-0.2, 0) is 6.37 Å². The molecule has 0 amide bonds. The lowest BCUT2D eigenvalue weighted by molar-refractivity contribution is 0.319. The first-order chi connectivity index (χ1) is 9.23. The van der Waals surface area contributed by atoms with Gasteiger partial charge in [0.25, 0.3) is 0 Å². The fourth-order valence-electron chi connectivity index (χ4n) is 1.07. The van der Waals surface area contributed by atoms with Crippen LogP contribution in [0.4, 0.5) is 0 Å². The molecule has 2 rings (SSSR count). The smallest absolute Gasteiger partial charge is 0.149 e. The number of hydrogen-bond donors (Lipinski definition) is 2. The topological polar surface area (TPSA) is 48.4 Å². The molecule has 0 spiro atoms. The number of oxime groups is 1. The van der Waals surface area contributed by atoms with Gasteiger partial charge in [-0.3, -0.25) is 0 Å². The van der Waals surface area contributed by atoms with Crippen LogP contribution in [0.5, 0.6) is 0 Å². The van der Waals surface area contributed by atoms with Crippen LogP contribution in [0.15, 0.2) is 35.5 Å². The summed E-state index contributed by atoms with van der Waals surface area (Å²) < 4.78 is 46.4. The molecule has 1 heterocycles. The van der Waals surface area contributed by atoms with Crippen LogP contribution in [0.2, 0.25) is 0 Å². The summed E-state index contributed by atoms with van der Waals surface area (Å²) in [5, 5.41) is 10.5. The molecule has 1 aromatic heterocycles. The summed E-state index contributed by atoms with van der Waals surface area (Å²) in [7, 11) is 0. The van der Waals surface area contributed by atoms with Crippen LogP contribution < -0.4 is 0 Å². The minimum absolute atomic E-state index is 0.0252. The Hall–Kier alpha value is -1.48. The van der Waals surface area contributed by atoms with Gasteiger partial charge in [-0.15, -0.1) is 0 Å². The third-order valence-corrected chi connectivity index (χ3v) is 1.81. The summed E-state index contributed by atoms with van der Waals surface area (Å²) in [6.45, 7) is 0. The quantitative estimate of drug-likeness (QED) is 0.451. The number of nitrogens with one attached hydrogen (secondary N) is 1. The highest BCUT2D eigenvalue weighted by Crippen LogP contribution is 2.18. The minimum atomic E-state index is -2.38. The highest BCUT2D eigenvalue weighted by atomic mass is 35.5. The molecule has 0 unspecified atom stereocenters. The van der Waals surface area contributed by atoms with Gasteiger partial charge < -0.3 is 10.2 Å². The average Bonchev–Trinajstić information content (AvgIpc) is 2.87. The maximum absolute atomic E-state index is 8.62. The van der Waals surface area contributed by atoms with E-state index >= 15 is 0 Å². The Morgan fingerprint density at radius 2 is 2.43 bits per heavy atom. The van der Waals surface area contributed by atoms with Gasteiger partial charge in [0.05, 0.1) is 5.48 Å². The second-order valence-corrected chi connectivity index (χ2v) is 2.83. The number of halogens is 1. The number of H-pyrrole nitrogens is 1. The van der Waals surface area contributed by atoms with Crippen LogP contribution in [0, 0.1) is 0 Å². The molecule has 14 heavy (non-hydrogen) atoms. The van der Waals surface area contributed by atoms with Gasteiger partial charge in [-0.2, -0.15) is 0 Å². The van der Waals surface area contributed by atoms with Crippen molar-refractivity contribution in [2.45, 2.75) is 6.37 Å². The first-order valence-corrected chi connectivity index (χ1v) is 4.07. The molecular weight excluding hydrogens is 200 g/mol. The SMILES string of the molecule is [2H]c1c([2H])c([2H])c2c(C([2H])([2H])/C(Cl)=N\O)c[nH]c2c1[2H]. The monoisotopic (exact) mass is 214 g/mol. The average molecular weight is 215 g/mol. The maximum Gasteiger partial charge on any atom is 0.149 e. The maximum atomic E-state index is 8.62. The predicted molar refractivity (Wildman–Crippen MR) is 57.1 cm³/mol. The molecular formula is C10H9ClN2O. The number of aromatic amines is 1. The van der Waals surface area contributed by atoms with E-state index in [0.717, 1.165) is 0 Å². The summed E-state index contributed by atoms with van der Waals surface area (Å²) in [5.74, 6) is 0. The Bertz CT molecular complexity index is 726. The highest BCUT2D eigenvalue weighted by molar-refractivity contribution is 6.65. The largest absolute Gasteiger partial charge is 0.410 e. The van der Waals surface area contributed by atoms with Gasteiger partial charge in [-0.25, -0.2) is 0 Å². The van der Waals surface area contributed by atoms with Gasteiger partial charge in [0.15, 0.2) is 0 Å². The highest BCUT2D eigenvalue weighted by Gasteiger charge is 2.04. The first-order valence-electron chi connectivity index (χ1n) is 6.69. The lowest BCUT2D eigenvalue weighted by Gasteiger charge is -1.94. The fraction of sp³-hybridized carbons (Fsp3) is 0.100. The van der Waals surface area contributed by atoms with Crippen LogP contribution in [0.25, 0.3) is 10.9 Å². The van der Waals surface area contributed by atoms with Gasteiger partial charge >= 0.3 is 0 Å². The Balaban J connectivity index is 2.89. The fourth-order valence-corrected chi connectivity index (χ4v) is 1.18. The molecule has 0 aliphatic heterocycles. The van der Waals surface area contributed by atoms with Crippen molar-refractivity contribution >= 4 is 27.7 Å². The van der Waals surface area contributed by atoms with Gasteiger partial charge in [0.2, 0.25) is 0 Å². The van der Waals surface area contributed by atoms with Crippen molar-refractivity contribution in [3.8, 4) is 0 Å². The van der Waals surface area contributed by atoms with E-state index in [4.69, 9.17) is 25.0 Å². The molecule has 0 atom stereocenters. The van der Waals surface area contributed by atoms with Crippen molar-refractivity contribution in [3.63, 3.8) is 0 Å². The normalized spacial score (nSPS) is 19.4. The molecule has 0 fully saturated rings. The first kappa shape index (κ1) is 4.36. The molecule has 4 heteroatoms. The number of benzene rings is 1. The van der Waals surface area contributed by atoms with Crippen molar-refractivity contribution in [3.05, 3.63) is 35.9 Å². The van der Waals surface area contributed by atoms with E-state index in [9.17, 15) is 0 Å². The van der Waals surface area contributed by atoms with Gasteiger partial charge in [-0.05, 0) is 11.6 Å². The number of aromatic nitrogens is 1. The Labute approximate surface area is 94.4 Å². The number of para-hydroxylation sites is 1. The zero-order valence-corrected chi connectivity index (χ0v) is 7.61. The third kappa shape index (κ3) is 1.59. The van der Waals surface area contributed by atoms with Gasteiger partial charge in [0, 0.05) is 26.2 Å². The van der Waals surface area contributed by atoms with E-state index in [1.165, 1.54) is 6.20 Å². The number of fused-ring (bicyclic) bond motifs is 1. The second kappa shape index (κ2) is 3.72. The van der Waals surface area contributed by atoms with Crippen molar-refractivity contribution in [2.24, 2.45) is 5.16 Å². The molecule has 2 N–H and O–H groups in total. The summed E-state index contributed by atoms with van der Waals surface area (Å²) >= 11 is 5.53. The molecule has 3 nitrogen and oxygen atoms in total. The predicted octanol–water partition coefficient (Wildman–Crippen LogP) is 2.74. The minimum Gasteiger partial charge on any atom is -0.410 e. The lowest BCUT2D eigenvalue weighted by atomic mass is 10.1. The third-order valence-electron chi connectivity index (χ3n) is 1.64. The summed E-state index contributed by atoms with van der Waals surface area (Å²) in [5.41, 5.74) is -0.0559. The van der Waals surface area contributed by atoms with Crippen molar-refractivity contribution < 1.29 is 13.4 Å². The van der Waals surface area contributed by atoms with Crippen LogP contribution in [0.1, 0.15) is 13.8 Å². The van der Waals surface area contributed by atoms with E-state index in [1.54, 1.807) is 0 Å². The summed E-state index contributed by atoms with van der Waals surface area (Å²) in [6.07, 6.45) is -1.19. The standard InChI is InChI=1S/C10H9ClN2O/c11-10(13-14)5-7-6-12-9-4-2-1-3-8(7)9/h1-4,6,12,14H,5H2/b13-10+/i1D,2D,3D,4D,5D2. The number of nitrogens with zero attached hydrogens (tertiary/aromatic N) is 1. The van der Waals surface area contributed by atoms with E-state index in [2.05, 4.69) is 10.1 Å². The molecule has 1 aromatic carbocycles. The van der Waals surface area contributed by atoms with E-state index in [0.29, 0.717) is 0 Å². The molecule has 0 aliphatic carbocycles. The molecule has 0 aliphatic rings. The van der Waals surface area contributed by atoms with E-state index in [1.807, 2.05) is 0 Å². The van der Waals surface area contributed by atoms with Crippen molar-refractivity contribution in [1.82, 2.24) is 4.98 Å². The molecule has 2 aromatic rings. The molecule has 0 saturated carbocycles. The molecule has 0 bridgehead atoms. The Morgan fingerprint density at radius 1 is 1.64 bits per heavy atom. The van der Waals surface area contributed by atoms with Gasteiger partial charge in [0.1, 0.15) is 5.17 Å². The lowest BCUT2D eigenvalue weighted by Crippen LogP contribution is -1.92. The van der Waals surface area contributed by atoms with E-state index in [-0.39, 0.29) is 28.6 Å². The van der Waals surface area contributed by atoms with E-state index < -0.39 is 23.6 Å². The molecule has 0 radical (unpaired) electrons. The van der Waals surface area contributed by atoms with Crippen LogP contribution in [-0.4, -0.2) is 15.4 Å². The van der Waals surface area contributed by atoms with Gasteiger partial charge in [-0.1, -0.05) is 34.9 Å². The summed E-state index contributed by atoms with van der Waals surface area (Å²) in [4.78, 5) is 2.60. The van der Waals surface area contributed by atoms with Crippen molar-refractivity contribution in [2.75, 3.05) is 0 Å². The number of rotatable bonds is 2. The molecule has 0 saturated heterocycles.